The topological polar surface area (TPSA) is 259 Å². The number of aliphatic hydroxyl groups is 3. The van der Waals surface area contributed by atoms with E-state index in [4.69, 9.17) is 37.9 Å². The molecule has 3 saturated heterocycles. The fourth-order valence-electron chi connectivity index (χ4n) is 10.5. The number of amides is 2. The van der Waals surface area contributed by atoms with E-state index in [2.05, 4.69) is 20.8 Å². The summed E-state index contributed by atoms with van der Waals surface area (Å²) in [6.45, 7) is 18.7. The maximum Gasteiger partial charge on any atom is 0.426 e. The smallest absolute Gasteiger partial charge is 0.426 e. The number of hydrogen-bond acceptors (Lipinski definition) is 17. The van der Waals surface area contributed by atoms with Gasteiger partial charge in [0.25, 0.3) is 5.91 Å². The number of rotatable bonds is 11. The highest BCUT2D eigenvalue weighted by Gasteiger charge is 2.55. The van der Waals surface area contributed by atoms with E-state index in [1.807, 2.05) is 32.8 Å². The van der Waals surface area contributed by atoms with Gasteiger partial charge in [-0.15, -0.1) is 0 Å². The number of nitrogens with zero attached hydrogens (tertiary/aromatic N) is 2. The summed E-state index contributed by atoms with van der Waals surface area (Å²) < 4.78 is 50.8. The van der Waals surface area contributed by atoms with Crippen LogP contribution in [0.2, 0.25) is 0 Å². The molecule has 390 valence electrons. The van der Waals surface area contributed by atoms with Crippen LogP contribution < -0.4 is 10.9 Å². The normalized spacial score (nSPS) is 39.7. The number of fused-ring (bicyclic) bond motifs is 1. The summed E-state index contributed by atoms with van der Waals surface area (Å²) in [4.78, 5) is 64.6. The summed E-state index contributed by atoms with van der Waals surface area (Å²) in [6, 6.07) is 4.59. The lowest BCUT2D eigenvalue weighted by atomic mass is 9.74. The van der Waals surface area contributed by atoms with Gasteiger partial charge in [0, 0.05) is 56.4 Å². The van der Waals surface area contributed by atoms with E-state index >= 15 is 0 Å². The molecule has 20 heteroatoms. The largest absolute Gasteiger partial charge is 0.459 e. The number of esters is 1. The van der Waals surface area contributed by atoms with Crippen molar-refractivity contribution in [2.75, 3.05) is 28.3 Å². The number of hydrogen-bond donors (Lipinski definition) is 6. The molecule has 0 aliphatic carbocycles. The Morgan fingerprint density at radius 1 is 0.913 bits per heavy atom. The van der Waals surface area contributed by atoms with E-state index in [0.29, 0.717) is 23.9 Å². The van der Waals surface area contributed by atoms with E-state index in [1.165, 1.54) is 28.1 Å². The first kappa shape index (κ1) is 56.1. The van der Waals surface area contributed by atoms with Crippen molar-refractivity contribution in [3.05, 3.63) is 29.6 Å². The molecule has 2 amide bonds. The average Bonchev–Trinajstić information content (AvgIpc) is 3.74. The van der Waals surface area contributed by atoms with Crippen LogP contribution in [0, 0.1) is 23.7 Å². The van der Waals surface area contributed by atoms with Crippen molar-refractivity contribution in [1.82, 2.24) is 25.7 Å². The second-order valence-corrected chi connectivity index (χ2v) is 20.4. The van der Waals surface area contributed by atoms with Crippen LogP contribution in [-0.4, -0.2) is 167 Å². The molecular formula is C49H79N5O15. The number of benzene rings is 1. The molecule has 0 bridgehead atoms. The number of likely N-dealkylation sites (N-methyl/N-ethyl adjacent to an activating group) is 1. The van der Waals surface area contributed by atoms with Crippen molar-refractivity contribution in [2.24, 2.45) is 23.7 Å². The Morgan fingerprint density at radius 2 is 1.57 bits per heavy atom. The zero-order chi connectivity index (χ0) is 51.5. The van der Waals surface area contributed by atoms with Crippen LogP contribution in [-0.2, 0) is 53.9 Å². The zero-order valence-electron chi connectivity index (χ0n) is 43.1. The molecule has 0 unspecified atom stereocenters. The van der Waals surface area contributed by atoms with Crippen LogP contribution in [0.1, 0.15) is 118 Å². The van der Waals surface area contributed by atoms with Gasteiger partial charge in [0.05, 0.1) is 53.1 Å². The summed E-state index contributed by atoms with van der Waals surface area (Å²) in [5.41, 5.74) is 1.71. The Hall–Kier alpha value is -3.83. The highest BCUT2D eigenvalue weighted by Crippen LogP contribution is 2.42. The van der Waals surface area contributed by atoms with Crippen molar-refractivity contribution in [2.45, 2.75) is 193 Å². The molecule has 0 spiro atoms. The number of ketones is 1. The summed E-state index contributed by atoms with van der Waals surface area (Å²) in [6.07, 6.45) is -10.3. The number of hydrazine groups is 1. The fraction of sp³-hybridized carbons (Fsp3) is 0.776. The van der Waals surface area contributed by atoms with E-state index in [-0.39, 0.29) is 42.8 Å². The first-order valence-electron chi connectivity index (χ1n) is 24.2. The van der Waals surface area contributed by atoms with Crippen molar-refractivity contribution in [3.63, 3.8) is 0 Å². The van der Waals surface area contributed by atoms with Gasteiger partial charge in [0.15, 0.2) is 18.7 Å². The molecule has 0 radical (unpaired) electrons. The molecule has 2 aromatic rings. The molecule has 18 atom stereocenters. The van der Waals surface area contributed by atoms with Gasteiger partial charge in [-0.05, 0) is 93.1 Å². The second kappa shape index (κ2) is 22.7. The lowest BCUT2D eigenvalue weighted by Crippen LogP contribution is -2.62. The molecular weight excluding hydrogens is 899 g/mol. The summed E-state index contributed by atoms with van der Waals surface area (Å²) in [5, 5.41) is 35.2. The maximum atomic E-state index is 14.5. The number of Topliss-reactive ketones (excluding diaryl/α,β-unsaturated/α-hetero) is 1. The van der Waals surface area contributed by atoms with Crippen LogP contribution in [0.15, 0.2) is 18.2 Å². The number of carbonyl (C=O) groups is 4. The number of nitrogens with one attached hydrogen (secondary N) is 3. The van der Waals surface area contributed by atoms with E-state index in [9.17, 15) is 34.5 Å². The maximum absolute atomic E-state index is 14.5. The lowest BCUT2D eigenvalue weighted by molar-refractivity contribution is -0.319. The van der Waals surface area contributed by atoms with Crippen molar-refractivity contribution in [3.8, 4) is 0 Å². The molecule has 3 fully saturated rings. The first-order valence-corrected chi connectivity index (χ1v) is 24.2. The molecule has 20 nitrogen and oxygen atoms in total. The van der Waals surface area contributed by atoms with Gasteiger partial charge >= 0.3 is 12.1 Å². The predicted molar refractivity (Wildman–Crippen MR) is 251 cm³/mol. The number of imidazole rings is 1. The molecule has 69 heavy (non-hydrogen) atoms. The lowest BCUT2D eigenvalue weighted by Gasteiger charge is -2.50. The number of carbonyl (C=O) groups excluding carboxylic acids is 4. The zero-order valence-corrected chi connectivity index (χ0v) is 43.1. The van der Waals surface area contributed by atoms with Gasteiger partial charge < -0.3 is 63.1 Å². The number of H-pyrrole nitrogens is 1. The molecule has 1 aromatic carbocycles. The quantitative estimate of drug-likeness (QED) is 0.138. The third-order valence-electron chi connectivity index (χ3n) is 14.9. The van der Waals surface area contributed by atoms with E-state index in [0.717, 1.165) is 5.82 Å². The molecule has 3 aliphatic heterocycles. The number of cyclic esters (lactones) is 1. The van der Waals surface area contributed by atoms with Crippen LogP contribution in [0.3, 0.4) is 0 Å². The SMILES string of the molecule is CCc1nc2ccc(C(=O)NNC(=O)O[C@H]3[C@H](C)O[C@@H](O[C@H]4[C@H](C)[C@@H](O[C@@H]5O[C@H](C)C[C@H](N(C)C)[C@H]5O)[C@@](C)(OC)C[C@@H](C)C(=O)[C@H](C)[C@@H](O)[C@](C)(O)[C@@H](CC)OC(=O)[C@@H]4C)C[C@@]3(C)OC)cc2[nH]1. The van der Waals surface area contributed by atoms with E-state index < -0.39 is 114 Å². The minimum atomic E-state index is -2.03. The second-order valence-electron chi connectivity index (χ2n) is 20.4. The fourth-order valence-corrected chi connectivity index (χ4v) is 10.5. The summed E-state index contributed by atoms with van der Waals surface area (Å²) >= 11 is 0. The molecule has 3 aliphatic rings. The third kappa shape index (κ3) is 12.3. The van der Waals surface area contributed by atoms with Gasteiger partial charge in [-0.25, -0.2) is 15.2 Å². The van der Waals surface area contributed by atoms with Crippen molar-refractivity contribution in [1.29, 1.82) is 0 Å². The predicted octanol–water partition coefficient (Wildman–Crippen LogP) is 3.96. The average molecular weight is 978 g/mol. The highest BCUT2D eigenvalue weighted by molar-refractivity contribution is 5.97. The summed E-state index contributed by atoms with van der Waals surface area (Å²) in [7, 11) is 6.65. The Kier molecular flexibility index (Phi) is 18.5. The first-order chi connectivity index (χ1) is 32.2. The van der Waals surface area contributed by atoms with Gasteiger partial charge in [-0.1, -0.05) is 34.6 Å². The summed E-state index contributed by atoms with van der Waals surface area (Å²) in [5.74, 6) is -4.72. The van der Waals surface area contributed by atoms with Crippen LogP contribution in [0.4, 0.5) is 4.79 Å². The minimum absolute atomic E-state index is 0.0332. The Morgan fingerprint density at radius 3 is 2.17 bits per heavy atom. The van der Waals surface area contributed by atoms with Crippen LogP contribution in [0.25, 0.3) is 11.0 Å². The van der Waals surface area contributed by atoms with Gasteiger partial charge in [0.2, 0.25) is 0 Å². The molecule has 5 rings (SSSR count). The van der Waals surface area contributed by atoms with Crippen LogP contribution in [0.5, 0.6) is 0 Å². The Labute approximate surface area is 406 Å². The standard InChI is InChI=1S/C49H79N5O15/c1-16-34-49(11,61)40(57)26(5)37(55)24(3)22-47(9,62-14)41(68-45-38(56)33(54(12)13)20-25(4)64-45)27(6)39(28(7)44(59)66-34)67-36-23-48(10,63-15)42(29(8)65-36)69-46(60)53-52-43(58)30-18-19-31-32(21-30)51-35(17-2)50-31/h18-19,21,24-29,33-34,36,38-42,45,56-57,61H,16-17,20,22-23H2,1-15H3,(H,50,51)(H,52,58)(H,53,60)/t24-,25-,26+,27+,28-,29+,33+,34-,36+,38-,39+,40-,41-,42+,45+,47+,48-,49-/m1/s1. The van der Waals surface area contributed by atoms with Crippen molar-refractivity contribution >= 4 is 34.8 Å². The monoisotopic (exact) mass is 978 g/mol. The van der Waals surface area contributed by atoms with E-state index in [1.54, 1.807) is 66.7 Å². The van der Waals surface area contributed by atoms with Crippen molar-refractivity contribution < 1.29 is 72.4 Å². The number of aromatic amines is 1. The Bertz CT molecular complexity index is 2090. The minimum Gasteiger partial charge on any atom is -0.459 e. The highest BCUT2D eigenvalue weighted by atomic mass is 16.7. The molecule has 1 aromatic heterocycles. The number of methoxy groups -OCH3 is 2. The van der Waals surface area contributed by atoms with Gasteiger partial charge in [-0.2, -0.15) is 0 Å². The molecule has 6 N–H and O–H groups in total. The number of aliphatic hydroxyl groups excluding tert-OH is 2. The number of aryl methyl sites for hydroxylation is 1. The Balaban J connectivity index is 1.46. The van der Waals surface area contributed by atoms with Gasteiger partial charge in [-0.3, -0.25) is 19.8 Å². The number of ether oxygens (including phenoxy) is 8. The third-order valence-corrected chi connectivity index (χ3v) is 14.9. The molecule has 0 saturated carbocycles. The van der Waals surface area contributed by atoms with Crippen LogP contribution >= 0.6 is 0 Å². The molecule has 4 heterocycles. The van der Waals surface area contributed by atoms with Gasteiger partial charge in [0.1, 0.15) is 35.0 Å². The number of aromatic nitrogens is 2.